The molecule has 2 aromatic rings. The summed E-state index contributed by atoms with van der Waals surface area (Å²) >= 11 is 0. The van der Waals surface area contributed by atoms with Crippen LogP contribution >= 0.6 is 0 Å². The largest absolute Gasteiger partial charge is 0.350 e. The zero-order valence-electron chi connectivity index (χ0n) is 14.9. The van der Waals surface area contributed by atoms with E-state index in [-0.39, 0.29) is 24.1 Å². The smallest absolute Gasteiger partial charge is 0.235 e. The summed E-state index contributed by atoms with van der Waals surface area (Å²) in [6.07, 6.45) is 1.64. The van der Waals surface area contributed by atoms with E-state index in [1.54, 1.807) is 0 Å². The van der Waals surface area contributed by atoms with Crippen LogP contribution in [0.3, 0.4) is 0 Å². The van der Waals surface area contributed by atoms with Crippen molar-refractivity contribution in [3.8, 4) is 0 Å². The number of carbonyl (C=O) groups is 1. The van der Waals surface area contributed by atoms with E-state index < -0.39 is 10.0 Å². The first-order valence-electron chi connectivity index (χ1n) is 8.90. The van der Waals surface area contributed by atoms with Gasteiger partial charge in [0, 0.05) is 13.0 Å². The van der Waals surface area contributed by atoms with Gasteiger partial charge in [-0.3, -0.25) is 9.10 Å². The van der Waals surface area contributed by atoms with E-state index >= 15 is 0 Å². The number of anilines is 1. The lowest BCUT2D eigenvalue weighted by atomic mass is 10.0. The summed E-state index contributed by atoms with van der Waals surface area (Å²) in [5.41, 5.74) is 2.79. The molecule has 1 unspecified atom stereocenters. The molecule has 0 fully saturated rings. The van der Waals surface area contributed by atoms with Gasteiger partial charge in [-0.25, -0.2) is 8.42 Å². The number of hydrogen-bond donors (Lipinski definition) is 1. The van der Waals surface area contributed by atoms with Gasteiger partial charge in [0.1, 0.15) is 0 Å². The maximum atomic E-state index is 12.8. The Morgan fingerprint density at radius 3 is 2.58 bits per heavy atom. The van der Waals surface area contributed by atoms with Crippen molar-refractivity contribution in [1.82, 2.24) is 5.32 Å². The highest BCUT2D eigenvalue weighted by atomic mass is 32.2. The number of hydrogen-bond acceptors (Lipinski definition) is 3. The molecule has 1 atom stereocenters. The summed E-state index contributed by atoms with van der Waals surface area (Å²) in [6.45, 7) is 2.37. The van der Waals surface area contributed by atoms with Gasteiger partial charge in [-0.1, -0.05) is 48.5 Å². The Kier molecular flexibility index (Phi) is 5.61. The summed E-state index contributed by atoms with van der Waals surface area (Å²) in [5.74, 6) is -0.440. The number of sulfonamides is 1. The zero-order valence-corrected chi connectivity index (χ0v) is 15.7. The minimum absolute atomic E-state index is 0.0435. The number of rotatable bonds is 6. The van der Waals surface area contributed by atoms with Gasteiger partial charge in [-0.15, -0.1) is 0 Å². The van der Waals surface area contributed by atoms with Crippen molar-refractivity contribution >= 4 is 21.6 Å². The molecule has 2 aromatic carbocycles. The third-order valence-corrected chi connectivity index (χ3v) is 6.44. The molecule has 0 saturated heterocycles. The fourth-order valence-electron chi connectivity index (χ4n) is 3.26. The summed E-state index contributed by atoms with van der Waals surface area (Å²) in [5, 5.41) is 2.87. The maximum Gasteiger partial charge on any atom is 0.235 e. The number of para-hydroxylation sites is 1. The molecule has 1 aliphatic rings. The van der Waals surface area contributed by atoms with Crippen molar-refractivity contribution in [1.29, 1.82) is 0 Å². The van der Waals surface area contributed by atoms with Crippen LogP contribution < -0.4 is 9.62 Å². The van der Waals surface area contributed by atoms with E-state index in [0.717, 1.165) is 29.7 Å². The summed E-state index contributed by atoms with van der Waals surface area (Å²) < 4.78 is 27.0. The quantitative estimate of drug-likeness (QED) is 0.847. The molecule has 0 saturated carbocycles. The highest BCUT2D eigenvalue weighted by Crippen LogP contribution is 2.29. The Morgan fingerprint density at radius 1 is 1.12 bits per heavy atom. The molecule has 1 aliphatic heterocycles. The van der Waals surface area contributed by atoms with Crippen LogP contribution in [-0.4, -0.2) is 26.6 Å². The van der Waals surface area contributed by atoms with Crippen molar-refractivity contribution < 1.29 is 13.2 Å². The van der Waals surface area contributed by atoms with Gasteiger partial charge in [-0.05, 0) is 37.0 Å². The molecule has 5 nitrogen and oxygen atoms in total. The van der Waals surface area contributed by atoms with Crippen LogP contribution in [0, 0.1) is 0 Å². The summed E-state index contributed by atoms with van der Waals surface area (Å²) in [7, 11) is -3.52. The van der Waals surface area contributed by atoms with Gasteiger partial charge in [0.15, 0.2) is 0 Å². The highest BCUT2D eigenvalue weighted by molar-refractivity contribution is 7.92. The van der Waals surface area contributed by atoms with Gasteiger partial charge in [0.05, 0.1) is 17.5 Å². The molecule has 26 heavy (non-hydrogen) atoms. The third-order valence-electron chi connectivity index (χ3n) is 4.67. The molecular weight excluding hydrogens is 348 g/mol. The first-order chi connectivity index (χ1) is 12.5. The van der Waals surface area contributed by atoms with E-state index in [0.29, 0.717) is 6.54 Å². The van der Waals surface area contributed by atoms with Crippen molar-refractivity contribution in [2.75, 3.05) is 16.6 Å². The Morgan fingerprint density at radius 2 is 1.81 bits per heavy atom. The number of amides is 1. The lowest BCUT2D eigenvalue weighted by Crippen LogP contribution is -2.38. The number of carbonyl (C=O) groups excluding carboxylic acids is 1. The molecule has 1 amide bonds. The van der Waals surface area contributed by atoms with Crippen LogP contribution in [0.1, 0.15) is 36.9 Å². The highest BCUT2D eigenvalue weighted by Gasteiger charge is 2.27. The second-order valence-electron chi connectivity index (χ2n) is 6.57. The SMILES string of the molecule is CC(NC(=O)CCS(=O)(=O)N1CCCc2ccccc21)c1ccccc1. The minimum Gasteiger partial charge on any atom is -0.350 e. The van der Waals surface area contributed by atoms with Crippen molar-refractivity contribution in [3.05, 3.63) is 65.7 Å². The Balaban J connectivity index is 1.61. The average molecular weight is 372 g/mol. The van der Waals surface area contributed by atoms with Gasteiger partial charge < -0.3 is 5.32 Å². The van der Waals surface area contributed by atoms with Gasteiger partial charge >= 0.3 is 0 Å². The minimum atomic E-state index is -3.52. The zero-order chi connectivity index (χ0) is 18.6. The third kappa shape index (κ3) is 4.25. The van der Waals surface area contributed by atoms with E-state index in [1.165, 1.54) is 4.31 Å². The molecule has 1 N–H and O–H groups in total. The lowest BCUT2D eigenvalue weighted by molar-refractivity contribution is -0.121. The Labute approximate surface area is 155 Å². The molecule has 0 spiro atoms. The molecule has 6 heteroatoms. The summed E-state index contributed by atoms with van der Waals surface area (Å²) in [6, 6.07) is 17.0. The second-order valence-corrected chi connectivity index (χ2v) is 8.58. The van der Waals surface area contributed by atoms with Crippen LogP contribution in [-0.2, 0) is 21.2 Å². The molecular formula is C20H24N2O3S. The predicted molar refractivity (Wildman–Crippen MR) is 104 cm³/mol. The fourth-order valence-corrected chi connectivity index (χ4v) is 4.81. The van der Waals surface area contributed by atoms with Crippen LogP contribution in [0.4, 0.5) is 5.69 Å². The second kappa shape index (κ2) is 7.91. The van der Waals surface area contributed by atoms with Crippen molar-refractivity contribution in [2.45, 2.75) is 32.2 Å². The Hall–Kier alpha value is -2.34. The van der Waals surface area contributed by atoms with Crippen molar-refractivity contribution in [2.24, 2.45) is 0 Å². The first kappa shape index (κ1) is 18.5. The lowest BCUT2D eigenvalue weighted by Gasteiger charge is -2.30. The van der Waals surface area contributed by atoms with Gasteiger partial charge in [0.25, 0.3) is 0 Å². The van der Waals surface area contributed by atoms with E-state index in [9.17, 15) is 13.2 Å². The van der Waals surface area contributed by atoms with E-state index in [4.69, 9.17) is 0 Å². The standard InChI is InChI=1S/C20H24N2O3S/c1-16(17-8-3-2-4-9-17)21-20(23)13-15-26(24,25)22-14-7-11-18-10-5-6-12-19(18)22/h2-6,8-10,12,16H,7,11,13-15H2,1H3,(H,21,23). The topological polar surface area (TPSA) is 66.5 Å². The normalized spacial score (nSPS) is 15.2. The van der Waals surface area contributed by atoms with Crippen LogP contribution in [0.5, 0.6) is 0 Å². The van der Waals surface area contributed by atoms with Gasteiger partial charge in [0.2, 0.25) is 15.9 Å². The van der Waals surface area contributed by atoms with Gasteiger partial charge in [-0.2, -0.15) is 0 Å². The molecule has 138 valence electrons. The predicted octanol–water partition coefficient (Wildman–Crippen LogP) is 3.04. The van der Waals surface area contributed by atoms with Crippen LogP contribution in [0.15, 0.2) is 54.6 Å². The van der Waals surface area contributed by atoms with E-state index in [2.05, 4.69) is 5.32 Å². The number of aryl methyl sites for hydroxylation is 1. The average Bonchev–Trinajstić information content (AvgIpc) is 2.66. The molecule has 1 heterocycles. The molecule has 0 aromatic heterocycles. The number of benzene rings is 2. The molecule has 0 radical (unpaired) electrons. The monoisotopic (exact) mass is 372 g/mol. The van der Waals surface area contributed by atoms with Crippen molar-refractivity contribution in [3.63, 3.8) is 0 Å². The number of fused-ring (bicyclic) bond motifs is 1. The summed E-state index contributed by atoms with van der Waals surface area (Å²) in [4.78, 5) is 12.2. The maximum absolute atomic E-state index is 12.8. The first-order valence-corrected chi connectivity index (χ1v) is 10.5. The number of nitrogens with zero attached hydrogens (tertiary/aromatic N) is 1. The van der Waals surface area contributed by atoms with Crippen LogP contribution in [0.2, 0.25) is 0 Å². The molecule has 0 aliphatic carbocycles. The molecule has 3 rings (SSSR count). The molecule has 0 bridgehead atoms. The Bertz CT molecular complexity index is 866. The fraction of sp³-hybridized carbons (Fsp3) is 0.350. The van der Waals surface area contributed by atoms with Crippen LogP contribution in [0.25, 0.3) is 0 Å². The van der Waals surface area contributed by atoms with E-state index in [1.807, 2.05) is 61.5 Å². The number of nitrogens with one attached hydrogen (secondary N) is 1.